The van der Waals surface area contributed by atoms with Crippen molar-refractivity contribution in [3.8, 4) is 0 Å². The smallest absolute Gasteiger partial charge is 0.310 e. The SMILES string of the molecule is C=CCOC(=O)CC(CC(=O)OCC=C)C(CC(=O)OCC=C)C(=O)OCC=C. The number of esters is 4. The molecule has 0 spiro atoms. The Morgan fingerprint density at radius 2 is 0.931 bits per heavy atom. The first-order chi connectivity index (χ1) is 13.9. The van der Waals surface area contributed by atoms with Crippen LogP contribution in [-0.2, 0) is 38.1 Å². The van der Waals surface area contributed by atoms with Gasteiger partial charge in [0.2, 0.25) is 0 Å². The van der Waals surface area contributed by atoms with Gasteiger partial charge >= 0.3 is 23.9 Å². The van der Waals surface area contributed by atoms with E-state index in [1.54, 1.807) is 0 Å². The summed E-state index contributed by atoms with van der Waals surface area (Å²) in [7, 11) is 0. The summed E-state index contributed by atoms with van der Waals surface area (Å²) in [5.41, 5.74) is 0. The fourth-order valence-electron chi connectivity index (χ4n) is 2.29. The van der Waals surface area contributed by atoms with Crippen LogP contribution in [0.1, 0.15) is 19.3 Å². The van der Waals surface area contributed by atoms with E-state index in [4.69, 9.17) is 18.9 Å². The molecule has 0 fully saturated rings. The second-order valence-corrected chi connectivity index (χ2v) is 5.81. The zero-order valence-corrected chi connectivity index (χ0v) is 16.5. The third-order valence-electron chi connectivity index (χ3n) is 3.55. The van der Waals surface area contributed by atoms with Crippen molar-refractivity contribution in [2.75, 3.05) is 26.4 Å². The summed E-state index contributed by atoms with van der Waals surface area (Å²) in [6, 6.07) is 0. The molecule has 1 atom stereocenters. The maximum absolute atomic E-state index is 12.5. The van der Waals surface area contributed by atoms with E-state index in [9.17, 15) is 19.2 Å². The van der Waals surface area contributed by atoms with Crippen molar-refractivity contribution in [1.29, 1.82) is 0 Å². The van der Waals surface area contributed by atoms with Crippen LogP contribution in [0.5, 0.6) is 0 Å². The average Bonchev–Trinajstić information content (AvgIpc) is 2.70. The number of carbonyl (C=O) groups excluding carboxylic acids is 4. The molecule has 0 rings (SSSR count). The lowest BCUT2D eigenvalue weighted by Gasteiger charge is -2.23. The van der Waals surface area contributed by atoms with Crippen LogP contribution in [0.2, 0.25) is 0 Å². The summed E-state index contributed by atoms with van der Waals surface area (Å²) in [4.78, 5) is 48.7. The molecule has 0 N–H and O–H groups in total. The van der Waals surface area contributed by atoms with Crippen molar-refractivity contribution in [1.82, 2.24) is 0 Å². The van der Waals surface area contributed by atoms with Crippen LogP contribution >= 0.6 is 0 Å². The summed E-state index contributed by atoms with van der Waals surface area (Å²) in [5, 5.41) is 0. The van der Waals surface area contributed by atoms with E-state index in [-0.39, 0.29) is 39.3 Å². The first-order valence-electron chi connectivity index (χ1n) is 8.96. The number of hydrogen-bond donors (Lipinski definition) is 0. The van der Waals surface area contributed by atoms with Crippen LogP contribution in [0.3, 0.4) is 0 Å². The summed E-state index contributed by atoms with van der Waals surface area (Å²) >= 11 is 0. The van der Waals surface area contributed by atoms with Gasteiger partial charge in [-0.15, -0.1) is 0 Å². The quantitative estimate of drug-likeness (QED) is 0.218. The molecule has 0 saturated carbocycles. The highest BCUT2D eigenvalue weighted by atomic mass is 16.5. The van der Waals surface area contributed by atoms with Gasteiger partial charge in [0.1, 0.15) is 26.4 Å². The van der Waals surface area contributed by atoms with Gasteiger partial charge in [-0.25, -0.2) is 0 Å². The third-order valence-corrected chi connectivity index (χ3v) is 3.55. The molecule has 8 heteroatoms. The van der Waals surface area contributed by atoms with E-state index < -0.39 is 42.1 Å². The van der Waals surface area contributed by atoms with Gasteiger partial charge in [-0.3, -0.25) is 19.2 Å². The van der Waals surface area contributed by atoms with Gasteiger partial charge in [-0.05, 0) is 5.92 Å². The van der Waals surface area contributed by atoms with Crippen molar-refractivity contribution in [3.63, 3.8) is 0 Å². The Hall–Kier alpha value is -3.16. The van der Waals surface area contributed by atoms with Crippen LogP contribution in [-0.4, -0.2) is 50.3 Å². The van der Waals surface area contributed by atoms with Crippen LogP contribution in [0.4, 0.5) is 0 Å². The van der Waals surface area contributed by atoms with Crippen LogP contribution in [0, 0.1) is 11.8 Å². The minimum atomic E-state index is -1.13. The second-order valence-electron chi connectivity index (χ2n) is 5.81. The van der Waals surface area contributed by atoms with Gasteiger partial charge in [0.25, 0.3) is 0 Å². The van der Waals surface area contributed by atoms with Crippen LogP contribution in [0.15, 0.2) is 50.6 Å². The van der Waals surface area contributed by atoms with Gasteiger partial charge in [-0.1, -0.05) is 50.6 Å². The van der Waals surface area contributed by atoms with Crippen molar-refractivity contribution >= 4 is 23.9 Å². The third kappa shape index (κ3) is 12.0. The standard InChI is InChI=1S/C21H28O8/c1-5-9-26-18(22)13-16(14-19(23)27-10-6-2)17(21(25)29-12-8-4)15-20(24)28-11-7-3/h5-8,16-17H,1-4,9-15H2. The van der Waals surface area contributed by atoms with Crippen LogP contribution in [0.25, 0.3) is 0 Å². The largest absolute Gasteiger partial charge is 0.461 e. The molecule has 0 saturated heterocycles. The summed E-state index contributed by atoms with van der Waals surface area (Å²) in [6.45, 7) is 13.6. The molecule has 160 valence electrons. The first kappa shape index (κ1) is 25.8. The lowest BCUT2D eigenvalue weighted by atomic mass is 9.84. The minimum Gasteiger partial charge on any atom is -0.461 e. The molecule has 0 aliphatic carbocycles. The van der Waals surface area contributed by atoms with Crippen molar-refractivity contribution in [2.24, 2.45) is 11.8 Å². The maximum atomic E-state index is 12.5. The normalized spacial score (nSPS) is 10.9. The molecule has 0 aromatic rings. The van der Waals surface area contributed by atoms with E-state index >= 15 is 0 Å². The zero-order valence-electron chi connectivity index (χ0n) is 16.5. The van der Waals surface area contributed by atoms with E-state index in [0.717, 1.165) is 0 Å². The Balaban J connectivity index is 5.53. The fraction of sp³-hybridized carbons (Fsp3) is 0.429. The molecule has 1 unspecified atom stereocenters. The first-order valence-corrected chi connectivity index (χ1v) is 8.96. The van der Waals surface area contributed by atoms with Crippen LogP contribution < -0.4 is 0 Å². The van der Waals surface area contributed by atoms with Crippen molar-refractivity contribution in [3.05, 3.63) is 50.6 Å². The lowest BCUT2D eigenvalue weighted by Crippen LogP contribution is -2.33. The molecule has 0 aromatic carbocycles. The predicted octanol–water partition coefficient (Wildman–Crippen LogP) is 2.31. The summed E-state index contributed by atoms with van der Waals surface area (Å²) in [5.74, 6) is -4.81. The van der Waals surface area contributed by atoms with Gasteiger partial charge in [0.15, 0.2) is 0 Å². The monoisotopic (exact) mass is 408 g/mol. The molecule has 0 aliphatic rings. The predicted molar refractivity (Wildman–Crippen MR) is 105 cm³/mol. The lowest BCUT2D eigenvalue weighted by molar-refractivity contribution is -0.159. The Labute approximate surface area is 170 Å². The highest BCUT2D eigenvalue weighted by Gasteiger charge is 2.36. The number of carbonyl (C=O) groups is 4. The Bertz CT molecular complexity index is 582. The Kier molecular flexibility index (Phi) is 14.1. The molecule has 8 nitrogen and oxygen atoms in total. The molecule has 0 bridgehead atoms. The maximum Gasteiger partial charge on any atom is 0.310 e. The average molecular weight is 408 g/mol. The Morgan fingerprint density at radius 1 is 0.586 bits per heavy atom. The van der Waals surface area contributed by atoms with Crippen molar-refractivity contribution < 1.29 is 38.1 Å². The number of rotatable bonds is 16. The van der Waals surface area contributed by atoms with E-state index in [0.29, 0.717) is 0 Å². The highest BCUT2D eigenvalue weighted by molar-refractivity contribution is 5.82. The number of ether oxygens (including phenoxy) is 4. The van der Waals surface area contributed by atoms with Gasteiger partial charge in [0, 0.05) is 12.8 Å². The topological polar surface area (TPSA) is 105 Å². The molecular formula is C21H28O8. The molecule has 0 aromatic heterocycles. The van der Waals surface area contributed by atoms with E-state index in [1.807, 2.05) is 0 Å². The molecule has 0 amide bonds. The second kappa shape index (κ2) is 15.9. The van der Waals surface area contributed by atoms with Gasteiger partial charge < -0.3 is 18.9 Å². The fourth-order valence-corrected chi connectivity index (χ4v) is 2.29. The molecule has 0 radical (unpaired) electrons. The summed E-state index contributed by atoms with van der Waals surface area (Å²) < 4.78 is 19.9. The zero-order chi connectivity index (χ0) is 22.1. The molecule has 29 heavy (non-hydrogen) atoms. The molecule has 0 aliphatic heterocycles. The molecule has 0 heterocycles. The summed E-state index contributed by atoms with van der Waals surface area (Å²) in [6.07, 6.45) is 4.50. The van der Waals surface area contributed by atoms with E-state index in [2.05, 4.69) is 26.3 Å². The van der Waals surface area contributed by atoms with Gasteiger partial charge in [0.05, 0.1) is 12.3 Å². The van der Waals surface area contributed by atoms with Gasteiger partial charge in [-0.2, -0.15) is 0 Å². The van der Waals surface area contributed by atoms with Crippen molar-refractivity contribution in [2.45, 2.75) is 19.3 Å². The van der Waals surface area contributed by atoms with E-state index in [1.165, 1.54) is 24.3 Å². The minimum absolute atomic E-state index is 0.0284. The Morgan fingerprint density at radius 3 is 1.31 bits per heavy atom. The number of hydrogen-bond acceptors (Lipinski definition) is 8. The molecular weight excluding hydrogens is 380 g/mol. The highest BCUT2D eigenvalue weighted by Crippen LogP contribution is 2.27.